The molecule has 1 aliphatic rings. The zero-order valence-corrected chi connectivity index (χ0v) is 9.94. The number of fused-ring (bicyclic) bond motifs is 1. The van der Waals surface area contributed by atoms with Crippen molar-refractivity contribution in [2.45, 2.75) is 25.2 Å². The van der Waals surface area contributed by atoms with Gasteiger partial charge in [-0.2, -0.15) is 0 Å². The van der Waals surface area contributed by atoms with E-state index < -0.39 is 0 Å². The maximum absolute atomic E-state index is 5.44. The van der Waals surface area contributed by atoms with Crippen LogP contribution in [-0.4, -0.2) is 17.1 Å². The van der Waals surface area contributed by atoms with Gasteiger partial charge in [-0.1, -0.05) is 18.2 Å². The molecule has 0 aliphatic heterocycles. The molecular weight excluding hydrogens is 212 g/mol. The highest BCUT2D eigenvalue weighted by atomic mass is 16.5. The van der Waals surface area contributed by atoms with Crippen molar-refractivity contribution >= 4 is 0 Å². The maximum atomic E-state index is 5.44. The SMILES string of the molecule is COc1ccccc1C1CCc2nc[nH]c2C1. The number of H-pyrrole nitrogens is 1. The average molecular weight is 228 g/mol. The van der Waals surface area contributed by atoms with E-state index in [-0.39, 0.29) is 0 Å². The minimum Gasteiger partial charge on any atom is -0.496 e. The number of hydrogen-bond donors (Lipinski definition) is 1. The molecule has 2 aromatic rings. The molecule has 0 bridgehead atoms. The molecular formula is C14H16N2O. The summed E-state index contributed by atoms with van der Waals surface area (Å²) in [6.07, 6.45) is 5.05. The van der Waals surface area contributed by atoms with Crippen molar-refractivity contribution in [3.8, 4) is 5.75 Å². The number of nitrogens with zero attached hydrogens (tertiary/aromatic N) is 1. The quantitative estimate of drug-likeness (QED) is 0.858. The van der Waals surface area contributed by atoms with Crippen LogP contribution in [0.4, 0.5) is 0 Å². The van der Waals surface area contributed by atoms with Crippen LogP contribution < -0.4 is 4.74 Å². The summed E-state index contributed by atoms with van der Waals surface area (Å²) in [6.45, 7) is 0. The molecule has 88 valence electrons. The standard InChI is InChI=1S/C14H16N2O/c1-17-14-5-3-2-4-11(14)10-6-7-12-13(8-10)16-9-15-12/h2-5,9-10H,6-8H2,1H3,(H,15,16). The van der Waals surface area contributed by atoms with Gasteiger partial charge in [0, 0.05) is 5.69 Å². The molecule has 0 fully saturated rings. The fourth-order valence-corrected chi connectivity index (χ4v) is 2.67. The summed E-state index contributed by atoms with van der Waals surface area (Å²) in [4.78, 5) is 7.58. The van der Waals surface area contributed by atoms with E-state index in [1.807, 2.05) is 12.1 Å². The summed E-state index contributed by atoms with van der Waals surface area (Å²) >= 11 is 0. The number of para-hydroxylation sites is 1. The van der Waals surface area contributed by atoms with Gasteiger partial charge >= 0.3 is 0 Å². The second-order valence-corrected chi connectivity index (χ2v) is 4.51. The molecule has 3 heteroatoms. The second kappa shape index (κ2) is 4.24. The van der Waals surface area contributed by atoms with Crippen LogP contribution in [0.15, 0.2) is 30.6 Å². The fraction of sp³-hybridized carbons (Fsp3) is 0.357. The minimum absolute atomic E-state index is 0.541. The lowest BCUT2D eigenvalue weighted by molar-refractivity contribution is 0.401. The van der Waals surface area contributed by atoms with Crippen molar-refractivity contribution in [1.82, 2.24) is 9.97 Å². The first-order valence-corrected chi connectivity index (χ1v) is 6.02. The number of ether oxygens (including phenoxy) is 1. The molecule has 0 spiro atoms. The topological polar surface area (TPSA) is 37.9 Å². The van der Waals surface area contributed by atoms with Gasteiger partial charge in [-0.15, -0.1) is 0 Å². The lowest BCUT2D eigenvalue weighted by Gasteiger charge is -2.23. The second-order valence-electron chi connectivity index (χ2n) is 4.51. The minimum atomic E-state index is 0.541. The molecule has 1 unspecified atom stereocenters. The third-order valence-electron chi connectivity index (χ3n) is 3.57. The molecule has 0 radical (unpaired) electrons. The lowest BCUT2D eigenvalue weighted by Crippen LogP contribution is -2.13. The highest BCUT2D eigenvalue weighted by Crippen LogP contribution is 2.35. The summed E-state index contributed by atoms with van der Waals surface area (Å²) in [7, 11) is 1.74. The molecule has 0 saturated heterocycles. The molecule has 1 aliphatic carbocycles. The molecule has 1 aromatic carbocycles. The third kappa shape index (κ3) is 1.82. The predicted octanol–water partition coefficient (Wildman–Crippen LogP) is 2.69. The van der Waals surface area contributed by atoms with E-state index in [0.717, 1.165) is 25.0 Å². The average Bonchev–Trinajstić information content (AvgIpc) is 2.85. The van der Waals surface area contributed by atoms with E-state index in [1.54, 1.807) is 13.4 Å². The molecule has 1 atom stereocenters. The van der Waals surface area contributed by atoms with E-state index >= 15 is 0 Å². The van der Waals surface area contributed by atoms with E-state index in [0.29, 0.717) is 5.92 Å². The van der Waals surface area contributed by atoms with Crippen LogP contribution in [0.2, 0.25) is 0 Å². The van der Waals surface area contributed by atoms with Gasteiger partial charge in [-0.05, 0) is 36.8 Å². The Morgan fingerprint density at radius 2 is 2.24 bits per heavy atom. The number of methoxy groups -OCH3 is 1. The lowest BCUT2D eigenvalue weighted by atomic mass is 9.84. The van der Waals surface area contributed by atoms with Crippen molar-refractivity contribution in [2.24, 2.45) is 0 Å². The molecule has 1 heterocycles. The number of rotatable bonds is 2. The van der Waals surface area contributed by atoms with Gasteiger partial charge in [0.25, 0.3) is 0 Å². The highest BCUT2D eigenvalue weighted by Gasteiger charge is 2.23. The summed E-state index contributed by atoms with van der Waals surface area (Å²) < 4.78 is 5.44. The molecule has 17 heavy (non-hydrogen) atoms. The van der Waals surface area contributed by atoms with E-state index in [4.69, 9.17) is 4.74 Å². The Kier molecular flexibility index (Phi) is 2.59. The van der Waals surface area contributed by atoms with Crippen LogP contribution in [0.25, 0.3) is 0 Å². The third-order valence-corrected chi connectivity index (χ3v) is 3.57. The fourth-order valence-electron chi connectivity index (χ4n) is 2.67. The Labute approximate surface area is 101 Å². The number of aryl methyl sites for hydroxylation is 1. The summed E-state index contributed by atoms with van der Waals surface area (Å²) in [5.41, 5.74) is 3.83. The molecule has 0 saturated carbocycles. The van der Waals surface area contributed by atoms with E-state index in [1.165, 1.54) is 17.0 Å². The molecule has 3 rings (SSSR count). The number of benzene rings is 1. The number of aromatic amines is 1. The predicted molar refractivity (Wildman–Crippen MR) is 66.3 cm³/mol. The van der Waals surface area contributed by atoms with Crippen molar-refractivity contribution < 1.29 is 4.74 Å². The van der Waals surface area contributed by atoms with Crippen LogP contribution in [0.1, 0.15) is 29.3 Å². The van der Waals surface area contributed by atoms with Gasteiger partial charge in [-0.3, -0.25) is 0 Å². The Bertz CT molecular complexity index is 518. The van der Waals surface area contributed by atoms with Gasteiger partial charge < -0.3 is 9.72 Å². The van der Waals surface area contributed by atoms with Gasteiger partial charge in [0.1, 0.15) is 5.75 Å². The van der Waals surface area contributed by atoms with Crippen molar-refractivity contribution in [3.05, 3.63) is 47.5 Å². The Morgan fingerprint density at radius 3 is 3.12 bits per heavy atom. The largest absolute Gasteiger partial charge is 0.496 e. The van der Waals surface area contributed by atoms with Crippen LogP contribution in [0.5, 0.6) is 5.75 Å². The summed E-state index contributed by atoms with van der Waals surface area (Å²) in [5, 5.41) is 0. The Morgan fingerprint density at radius 1 is 1.35 bits per heavy atom. The number of hydrogen-bond acceptors (Lipinski definition) is 2. The number of imidazole rings is 1. The van der Waals surface area contributed by atoms with Gasteiger partial charge in [0.2, 0.25) is 0 Å². The molecule has 1 aromatic heterocycles. The maximum Gasteiger partial charge on any atom is 0.122 e. The van der Waals surface area contributed by atoms with Crippen LogP contribution in [0, 0.1) is 0 Å². The monoisotopic (exact) mass is 228 g/mol. The summed E-state index contributed by atoms with van der Waals surface area (Å²) in [5.74, 6) is 1.54. The number of aromatic nitrogens is 2. The molecule has 1 N–H and O–H groups in total. The number of nitrogens with one attached hydrogen (secondary N) is 1. The van der Waals surface area contributed by atoms with Crippen molar-refractivity contribution in [1.29, 1.82) is 0 Å². The summed E-state index contributed by atoms with van der Waals surface area (Å²) in [6, 6.07) is 8.32. The first-order valence-electron chi connectivity index (χ1n) is 6.02. The van der Waals surface area contributed by atoms with E-state index in [9.17, 15) is 0 Å². The normalized spacial score (nSPS) is 18.8. The Hall–Kier alpha value is -1.77. The van der Waals surface area contributed by atoms with Crippen molar-refractivity contribution in [2.75, 3.05) is 7.11 Å². The van der Waals surface area contributed by atoms with Crippen LogP contribution in [0.3, 0.4) is 0 Å². The first kappa shape index (κ1) is 10.4. The Balaban J connectivity index is 1.91. The first-order chi connectivity index (χ1) is 8.38. The highest BCUT2D eigenvalue weighted by molar-refractivity contribution is 5.38. The van der Waals surface area contributed by atoms with E-state index in [2.05, 4.69) is 22.1 Å². The van der Waals surface area contributed by atoms with Crippen LogP contribution >= 0.6 is 0 Å². The molecule has 3 nitrogen and oxygen atoms in total. The van der Waals surface area contributed by atoms with Crippen LogP contribution in [-0.2, 0) is 12.8 Å². The smallest absolute Gasteiger partial charge is 0.122 e. The van der Waals surface area contributed by atoms with Crippen molar-refractivity contribution in [3.63, 3.8) is 0 Å². The van der Waals surface area contributed by atoms with Gasteiger partial charge in [0.15, 0.2) is 0 Å². The zero-order valence-electron chi connectivity index (χ0n) is 9.94. The van der Waals surface area contributed by atoms with Gasteiger partial charge in [0.05, 0.1) is 19.1 Å². The van der Waals surface area contributed by atoms with Gasteiger partial charge in [-0.25, -0.2) is 4.98 Å². The zero-order chi connectivity index (χ0) is 11.7. The molecule has 0 amide bonds.